The molecule has 3 aliphatic heterocycles. The van der Waals surface area contributed by atoms with Crippen LogP contribution in [-0.4, -0.2) is 70.2 Å². The Bertz CT molecular complexity index is 1420. The van der Waals surface area contributed by atoms with E-state index in [4.69, 9.17) is 14.2 Å². The summed E-state index contributed by atoms with van der Waals surface area (Å²) < 4.78 is 56.7. The van der Waals surface area contributed by atoms with Crippen LogP contribution in [0.5, 0.6) is 5.75 Å². The van der Waals surface area contributed by atoms with E-state index < -0.39 is 23.6 Å². The van der Waals surface area contributed by atoms with Gasteiger partial charge >= 0.3 is 12.2 Å². The molecule has 2 saturated heterocycles. The second-order valence-corrected chi connectivity index (χ2v) is 10.2. The van der Waals surface area contributed by atoms with Gasteiger partial charge in [0.2, 0.25) is 5.95 Å². The number of ether oxygens (including phenoxy) is 3. The quantitative estimate of drug-likeness (QED) is 0.495. The minimum atomic E-state index is -4.50. The second-order valence-electron chi connectivity index (χ2n) is 10.2. The normalized spacial score (nSPS) is 21.3. The number of amides is 2. The van der Waals surface area contributed by atoms with Gasteiger partial charge in [0, 0.05) is 18.7 Å². The number of carbonyl (C=O) groups excluding carboxylic acids is 1. The Labute approximate surface area is 227 Å². The number of benzene rings is 1. The number of hydrogen-bond donors (Lipinski definition) is 1. The van der Waals surface area contributed by atoms with Crippen LogP contribution < -0.4 is 19.9 Å². The van der Waals surface area contributed by atoms with Gasteiger partial charge < -0.3 is 19.1 Å². The summed E-state index contributed by atoms with van der Waals surface area (Å²) in [5.74, 6) is 0.215. The summed E-state index contributed by atoms with van der Waals surface area (Å²) in [5.41, 5.74) is 0.0239. The third-order valence-corrected chi connectivity index (χ3v) is 6.86. The van der Waals surface area contributed by atoms with Gasteiger partial charge in [0.15, 0.2) is 23.2 Å². The van der Waals surface area contributed by atoms with E-state index in [1.54, 1.807) is 6.20 Å². The average molecular weight is 558 g/mol. The molecule has 2 aromatic heterocycles. The van der Waals surface area contributed by atoms with E-state index >= 15 is 0 Å². The van der Waals surface area contributed by atoms with Gasteiger partial charge in [-0.05, 0) is 32.4 Å². The zero-order valence-corrected chi connectivity index (χ0v) is 21.7. The first-order valence-corrected chi connectivity index (χ1v) is 12.7. The number of nitrogens with one attached hydrogen (secondary N) is 1. The monoisotopic (exact) mass is 557 g/mol. The van der Waals surface area contributed by atoms with Crippen LogP contribution in [0.2, 0.25) is 0 Å². The predicted molar refractivity (Wildman–Crippen MR) is 137 cm³/mol. The number of hydrogen-bond acceptors (Lipinski definition) is 9. The molecule has 2 fully saturated rings. The molecule has 0 spiro atoms. The van der Waals surface area contributed by atoms with E-state index in [0.29, 0.717) is 43.4 Å². The van der Waals surface area contributed by atoms with Crippen LogP contribution in [0.25, 0.3) is 11.4 Å². The topological polar surface area (TPSA) is 115 Å². The molecule has 3 aromatic rings. The van der Waals surface area contributed by atoms with Gasteiger partial charge in [0.25, 0.3) is 0 Å². The van der Waals surface area contributed by atoms with Crippen molar-refractivity contribution in [3.63, 3.8) is 0 Å². The summed E-state index contributed by atoms with van der Waals surface area (Å²) in [6, 6.07) is 4.10. The van der Waals surface area contributed by atoms with Gasteiger partial charge in [0.05, 0.1) is 42.5 Å². The number of urea groups is 1. The lowest BCUT2D eigenvalue weighted by Gasteiger charge is -2.35. The van der Waals surface area contributed by atoms with Crippen molar-refractivity contribution in [2.75, 3.05) is 41.4 Å². The number of fused-ring (bicyclic) bond motifs is 4. The van der Waals surface area contributed by atoms with Crippen LogP contribution in [-0.2, 0) is 15.7 Å². The SMILES string of the molecule is CC1(C)OC[C@H](COc2cnc(NC(=O)N3c4nc(-c5cccc(C(F)(F)F)c5)ncc4N4CCC3C4)nc2)O1. The van der Waals surface area contributed by atoms with Crippen molar-refractivity contribution in [3.05, 3.63) is 48.4 Å². The molecule has 1 N–H and O–H groups in total. The van der Waals surface area contributed by atoms with Gasteiger partial charge in [-0.15, -0.1) is 0 Å². The highest BCUT2D eigenvalue weighted by atomic mass is 19.4. The van der Waals surface area contributed by atoms with Crippen molar-refractivity contribution in [3.8, 4) is 17.1 Å². The highest BCUT2D eigenvalue weighted by Crippen LogP contribution is 2.40. The van der Waals surface area contributed by atoms with Gasteiger partial charge in [-0.1, -0.05) is 12.1 Å². The van der Waals surface area contributed by atoms with E-state index in [2.05, 4.69) is 30.2 Å². The molecule has 1 aromatic carbocycles. The van der Waals surface area contributed by atoms with Crippen molar-refractivity contribution in [1.29, 1.82) is 0 Å². The third-order valence-electron chi connectivity index (χ3n) is 6.86. The number of rotatable bonds is 5. The summed E-state index contributed by atoms with van der Waals surface area (Å²) in [5, 5.41) is 2.70. The maximum absolute atomic E-state index is 13.4. The first-order valence-electron chi connectivity index (χ1n) is 12.7. The molecule has 0 aliphatic carbocycles. The molecule has 3 aliphatic rings. The minimum absolute atomic E-state index is 0.0630. The van der Waals surface area contributed by atoms with Crippen LogP contribution in [0.4, 0.5) is 35.4 Å². The maximum Gasteiger partial charge on any atom is 0.416 e. The van der Waals surface area contributed by atoms with E-state index in [-0.39, 0.29) is 36.1 Å². The summed E-state index contributed by atoms with van der Waals surface area (Å²) in [6.45, 7) is 5.62. The molecule has 5 heterocycles. The molecule has 2 bridgehead atoms. The molecule has 210 valence electrons. The van der Waals surface area contributed by atoms with Crippen molar-refractivity contribution < 1.29 is 32.2 Å². The van der Waals surface area contributed by atoms with Gasteiger partial charge in [0.1, 0.15) is 12.7 Å². The van der Waals surface area contributed by atoms with Gasteiger partial charge in [-0.2, -0.15) is 13.2 Å². The molecular weight excluding hydrogens is 531 g/mol. The Morgan fingerprint density at radius 1 is 1.20 bits per heavy atom. The van der Waals surface area contributed by atoms with E-state index in [9.17, 15) is 18.0 Å². The third kappa shape index (κ3) is 5.23. The van der Waals surface area contributed by atoms with Crippen molar-refractivity contribution in [2.45, 2.75) is 44.4 Å². The largest absolute Gasteiger partial charge is 0.488 e. The Hall–Kier alpha value is -4.04. The Balaban J connectivity index is 1.19. The van der Waals surface area contributed by atoms with Crippen molar-refractivity contribution >= 4 is 23.5 Å². The molecule has 11 nitrogen and oxygen atoms in total. The first kappa shape index (κ1) is 26.2. The zero-order chi connectivity index (χ0) is 28.1. The van der Waals surface area contributed by atoms with Crippen LogP contribution in [0, 0.1) is 0 Å². The highest BCUT2D eigenvalue weighted by molar-refractivity contribution is 6.03. The lowest BCUT2D eigenvalue weighted by molar-refractivity contribution is -0.141. The number of alkyl halides is 3. The van der Waals surface area contributed by atoms with Crippen LogP contribution in [0.15, 0.2) is 42.9 Å². The predicted octanol–water partition coefficient (Wildman–Crippen LogP) is 4.11. The van der Waals surface area contributed by atoms with Crippen LogP contribution >= 0.6 is 0 Å². The fourth-order valence-corrected chi connectivity index (χ4v) is 4.99. The lowest BCUT2D eigenvalue weighted by atomic mass is 10.1. The van der Waals surface area contributed by atoms with E-state index in [0.717, 1.165) is 12.1 Å². The Morgan fingerprint density at radius 2 is 2.00 bits per heavy atom. The smallest absolute Gasteiger partial charge is 0.416 e. The summed E-state index contributed by atoms with van der Waals surface area (Å²) in [4.78, 5) is 34.2. The number of nitrogens with zero attached hydrogens (tertiary/aromatic N) is 6. The molecule has 40 heavy (non-hydrogen) atoms. The molecule has 14 heteroatoms. The van der Waals surface area contributed by atoms with Crippen molar-refractivity contribution in [2.24, 2.45) is 0 Å². The molecular formula is C26H26F3N7O4. The van der Waals surface area contributed by atoms with Crippen molar-refractivity contribution in [1.82, 2.24) is 19.9 Å². The molecule has 6 rings (SSSR count). The maximum atomic E-state index is 13.4. The Morgan fingerprint density at radius 3 is 2.73 bits per heavy atom. The summed E-state index contributed by atoms with van der Waals surface area (Å²) in [7, 11) is 0. The number of anilines is 3. The lowest BCUT2D eigenvalue weighted by Crippen LogP contribution is -2.48. The highest BCUT2D eigenvalue weighted by Gasteiger charge is 2.41. The standard InChI is InChI=1S/C26H26F3N7O4/c1-25(2)39-14-19(40-25)13-38-18-9-31-23(32-10-18)34-24(37)36-17-6-7-35(12-17)20-11-30-21(33-22(20)36)15-4-3-5-16(8-15)26(27,28)29/h3-5,8-11,17,19H,6-7,12-14H2,1-2H3,(H,31,32,34,37)/t17?,19-/m0/s1. The first-order chi connectivity index (χ1) is 19.1. The number of carbonyl (C=O) groups is 1. The molecule has 0 saturated carbocycles. The van der Waals surface area contributed by atoms with E-state index in [1.165, 1.54) is 29.4 Å². The molecule has 2 atom stereocenters. The summed E-state index contributed by atoms with van der Waals surface area (Å²) in [6.07, 6.45) is 0.403. The van der Waals surface area contributed by atoms with Crippen LogP contribution in [0.3, 0.4) is 0 Å². The number of aromatic nitrogens is 4. The fraction of sp³-hybridized carbons (Fsp3) is 0.423. The zero-order valence-electron chi connectivity index (χ0n) is 21.7. The summed E-state index contributed by atoms with van der Waals surface area (Å²) >= 11 is 0. The van der Waals surface area contributed by atoms with E-state index in [1.807, 2.05) is 13.8 Å². The van der Waals surface area contributed by atoms with Crippen LogP contribution in [0.1, 0.15) is 25.8 Å². The number of halogens is 3. The molecule has 0 radical (unpaired) electrons. The van der Waals surface area contributed by atoms with Gasteiger partial charge in [-0.3, -0.25) is 10.2 Å². The van der Waals surface area contributed by atoms with Gasteiger partial charge in [-0.25, -0.2) is 24.7 Å². The second kappa shape index (κ2) is 9.86. The minimum Gasteiger partial charge on any atom is -0.488 e. The molecule has 2 amide bonds. The average Bonchev–Trinajstić information content (AvgIpc) is 3.50. The molecule has 1 unspecified atom stereocenters. The fourth-order valence-electron chi connectivity index (χ4n) is 4.99. The Kier molecular flexibility index (Phi) is 6.45.